The Balaban J connectivity index is 1.81. The number of nitrogens with zero attached hydrogens (tertiary/aromatic N) is 1. The molecule has 1 atom stereocenters. The summed E-state index contributed by atoms with van der Waals surface area (Å²) in [7, 11) is 0. The number of ether oxygens (including phenoxy) is 2. The SMILES string of the molecule is CCOc1ccccc1OCCN1CCNCC1C. The largest absolute Gasteiger partial charge is 0.490 e. The third kappa shape index (κ3) is 4.11. The van der Waals surface area contributed by atoms with E-state index in [-0.39, 0.29) is 0 Å². The second-order valence-corrected chi connectivity index (χ2v) is 4.82. The van der Waals surface area contributed by atoms with E-state index in [2.05, 4.69) is 17.1 Å². The highest BCUT2D eigenvalue weighted by Crippen LogP contribution is 2.26. The van der Waals surface area contributed by atoms with Crippen molar-refractivity contribution >= 4 is 0 Å². The van der Waals surface area contributed by atoms with Gasteiger partial charge in [0, 0.05) is 32.2 Å². The number of hydrogen-bond donors (Lipinski definition) is 1. The van der Waals surface area contributed by atoms with E-state index in [0.717, 1.165) is 37.7 Å². The van der Waals surface area contributed by atoms with Gasteiger partial charge in [0.15, 0.2) is 11.5 Å². The molecule has 4 nitrogen and oxygen atoms in total. The molecule has 0 radical (unpaired) electrons. The Labute approximate surface area is 115 Å². The van der Waals surface area contributed by atoms with Crippen LogP contribution in [0.1, 0.15) is 13.8 Å². The van der Waals surface area contributed by atoms with E-state index in [4.69, 9.17) is 9.47 Å². The summed E-state index contributed by atoms with van der Waals surface area (Å²) >= 11 is 0. The molecule has 0 spiro atoms. The maximum atomic E-state index is 5.85. The van der Waals surface area contributed by atoms with Gasteiger partial charge < -0.3 is 14.8 Å². The number of para-hydroxylation sites is 2. The Morgan fingerprint density at radius 3 is 2.68 bits per heavy atom. The number of benzene rings is 1. The average Bonchev–Trinajstić information content (AvgIpc) is 2.43. The van der Waals surface area contributed by atoms with Crippen LogP contribution in [0.3, 0.4) is 0 Å². The van der Waals surface area contributed by atoms with E-state index >= 15 is 0 Å². The van der Waals surface area contributed by atoms with Gasteiger partial charge in [0.1, 0.15) is 6.61 Å². The second-order valence-electron chi connectivity index (χ2n) is 4.82. The van der Waals surface area contributed by atoms with Gasteiger partial charge in [-0.25, -0.2) is 0 Å². The van der Waals surface area contributed by atoms with Crippen molar-refractivity contribution in [3.8, 4) is 11.5 Å². The van der Waals surface area contributed by atoms with Gasteiger partial charge in [-0.1, -0.05) is 12.1 Å². The van der Waals surface area contributed by atoms with Crippen LogP contribution in [0.25, 0.3) is 0 Å². The van der Waals surface area contributed by atoms with Crippen LogP contribution in [0.4, 0.5) is 0 Å². The van der Waals surface area contributed by atoms with Crippen LogP contribution in [-0.4, -0.2) is 50.3 Å². The summed E-state index contributed by atoms with van der Waals surface area (Å²) in [6.45, 7) is 9.79. The van der Waals surface area contributed by atoms with Gasteiger partial charge in [-0.05, 0) is 26.0 Å². The summed E-state index contributed by atoms with van der Waals surface area (Å²) in [5.41, 5.74) is 0. The van der Waals surface area contributed by atoms with Crippen molar-refractivity contribution in [3.63, 3.8) is 0 Å². The molecule has 1 aliphatic heterocycles. The van der Waals surface area contributed by atoms with Crippen molar-refractivity contribution in [1.29, 1.82) is 0 Å². The highest BCUT2D eigenvalue weighted by atomic mass is 16.5. The third-order valence-electron chi connectivity index (χ3n) is 3.42. The van der Waals surface area contributed by atoms with Crippen molar-refractivity contribution in [2.75, 3.05) is 39.4 Å². The maximum absolute atomic E-state index is 5.85. The van der Waals surface area contributed by atoms with Gasteiger partial charge in [0.2, 0.25) is 0 Å². The summed E-state index contributed by atoms with van der Waals surface area (Å²) in [4.78, 5) is 2.46. The molecular formula is C15H24N2O2. The number of rotatable bonds is 6. The zero-order valence-electron chi connectivity index (χ0n) is 11.9. The van der Waals surface area contributed by atoms with Gasteiger partial charge in [-0.2, -0.15) is 0 Å². The van der Waals surface area contributed by atoms with Crippen molar-refractivity contribution < 1.29 is 9.47 Å². The monoisotopic (exact) mass is 264 g/mol. The molecule has 1 aromatic carbocycles. The average molecular weight is 264 g/mol. The summed E-state index contributed by atoms with van der Waals surface area (Å²) in [5, 5.41) is 3.40. The molecule has 0 aromatic heterocycles. The Morgan fingerprint density at radius 1 is 1.26 bits per heavy atom. The van der Waals surface area contributed by atoms with E-state index in [9.17, 15) is 0 Å². The molecule has 1 heterocycles. The molecule has 1 N–H and O–H groups in total. The summed E-state index contributed by atoms with van der Waals surface area (Å²) in [6, 6.07) is 8.44. The molecule has 1 aliphatic rings. The predicted molar refractivity (Wildman–Crippen MR) is 77.0 cm³/mol. The third-order valence-corrected chi connectivity index (χ3v) is 3.42. The van der Waals surface area contributed by atoms with Crippen LogP contribution < -0.4 is 14.8 Å². The lowest BCUT2D eigenvalue weighted by atomic mass is 10.2. The van der Waals surface area contributed by atoms with Crippen LogP contribution >= 0.6 is 0 Å². The van der Waals surface area contributed by atoms with Crippen molar-refractivity contribution in [2.45, 2.75) is 19.9 Å². The molecule has 106 valence electrons. The van der Waals surface area contributed by atoms with Crippen molar-refractivity contribution in [1.82, 2.24) is 10.2 Å². The van der Waals surface area contributed by atoms with Crippen LogP contribution in [0.2, 0.25) is 0 Å². The lowest BCUT2D eigenvalue weighted by Crippen LogP contribution is -2.50. The summed E-state index contributed by atoms with van der Waals surface area (Å²) in [6.07, 6.45) is 0. The van der Waals surface area contributed by atoms with E-state index in [1.165, 1.54) is 0 Å². The lowest BCUT2D eigenvalue weighted by Gasteiger charge is -2.33. The summed E-state index contributed by atoms with van der Waals surface area (Å²) in [5.74, 6) is 1.67. The zero-order valence-corrected chi connectivity index (χ0v) is 11.9. The molecule has 1 fully saturated rings. The molecular weight excluding hydrogens is 240 g/mol. The first-order valence-electron chi connectivity index (χ1n) is 7.10. The topological polar surface area (TPSA) is 33.7 Å². The van der Waals surface area contributed by atoms with E-state index in [0.29, 0.717) is 19.3 Å². The number of hydrogen-bond acceptors (Lipinski definition) is 4. The van der Waals surface area contributed by atoms with Gasteiger partial charge in [-0.3, -0.25) is 4.90 Å². The van der Waals surface area contributed by atoms with Crippen LogP contribution in [0.5, 0.6) is 11.5 Å². The molecule has 1 saturated heterocycles. The number of piperazine rings is 1. The first kappa shape index (κ1) is 14.2. The molecule has 0 saturated carbocycles. The first-order valence-corrected chi connectivity index (χ1v) is 7.10. The minimum atomic E-state index is 0.583. The van der Waals surface area contributed by atoms with Crippen LogP contribution in [-0.2, 0) is 0 Å². The van der Waals surface area contributed by atoms with E-state index < -0.39 is 0 Å². The van der Waals surface area contributed by atoms with Gasteiger partial charge in [0.05, 0.1) is 6.61 Å². The Morgan fingerprint density at radius 2 is 2.00 bits per heavy atom. The zero-order chi connectivity index (χ0) is 13.5. The smallest absolute Gasteiger partial charge is 0.161 e. The van der Waals surface area contributed by atoms with Crippen molar-refractivity contribution in [3.05, 3.63) is 24.3 Å². The standard InChI is InChI=1S/C15H24N2O2/c1-3-18-14-6-4-5-7-15(14)19-11-10-17-9-8-16-12-13(17)2/h4-7,13,16H,3,8-12H2,1-2H3. The molecule has 19 heavy (non-hydrogen) atoms. The summed E-state index contributed by atoms with van der Waals surface area (Å²) < 4.78 is 11.4. The fourth-order valence-corrected chi connectivity index (χ4v) is 2.33. The van der Waals surface area contributed by atoms with E-state index in [1.54, 1.807) is 0 Å². The highest BCUT2D eigenvalue weighted by Gasteiger charge is 2.17. The lowest BCUT2D eigenvalue weighted by molar-refractivity contribution is 0.141. The van der Waals surface area contributed by atoms with Crippen LogP contribution in [0.15, 0.2) is 24.3 Å². The molecule has 0 amide bonds. The van der Waals surface area contributed by atoms with Crippen molar-refractivity contribution in [2.24, 2.45) is 0 Å². The molecule has 4 heteroatoms. The van der Waals surface area contributed by atoms with Gasteiger partial charge >= 0.3 is 0 Å². The normalized spacial score (nSPS) is 20.2. The van der Waals surface area contributed by atoms with Crippen LogP contribution in [0, 0.1) is 0 Å². The predicted octanol–water partition coefficient (Wildman–Crippen LogP) is 1.76. The molecule has 1 unspecified atom stereocenters. The molecule has 0 bridgehead atoms. The maximum Gasteiger partial charge on any atom is 0.161 e. The fraction of sp³-hybridized carbons (Fsp3) is 0.600. The minimum Gasteiger partial charge on any atom is -0.490 e. The highest BCUT2D eigenvalue weighted by molar-refractivity contribution is 5.39. The Hall–Kier alpha value is -1.26. The van der Waals surface area contributed by atoms with E-state index in [1.807, 2.05) is 31.2 Å². The second kappa shape index (κ2) is 7.36. The molecule has 1 aromatic rings. The molecule has 0 aliphatic carbocycles. The van der Waals surface area contributed by atoms with Gasteiger partial charge in [-0.15, -0.1) is 0 Å². The Kier molecular flexibility index (Phi) is 5.48. The Bertz CT molecular complexity index is 384. The minimum absolute atomic E-state index is 0.583. The molecule has 2 rings (SSSR count). The quantitative estimate of drug-likeness (QED) is 0.849. The fourth-order valence-electron chi connectivity index (χ4n) is 2.33. The number of nitrogens with one attached hydrogen (secondary N) is 1. The van der Waals surface area contributed by atoms with Gasteiger partial charge in [0.25, 0.3) is 0 Å². The first-order chi connectivity index (χ1) is 9.31.